The largest absolute Gasteiger partial charge is 0.410 e. The maximum absolute atomic E-state index is 11.7. The molecular formula is C15H7BrN2O2S. The minimum Gasteiger partial charge on any atom is -0.410 e. The van der Waals surface area contributed by atoms with Crippen LogP contribution in [0.4, 0.5) is 0 Å². The standard InChI is InChI=1S/C15H7BrN2O2S/c16-9-3-1-8(2-4-9)11-6-5-10-12-13(21-14(10)18-11)15(19)20-7-17-12/h1-7H. The summed E-state index contributed by atoms with van der Waals surface area (Å²) in [6, 6.07) is 11.8. The van der Waals surface area contributed by atoms with Gasteiger partial charge in [0.2, 0.25) is 0 Å². The molecule has 6 heteroatoms. The molecular weight excluding hydrogens is 352 g/mol. The van der Waals surface area contributed by atoms with Gasteiger partial charge in [-0.05, 0) is 24.3 Å². The first-order chi connectivity index (χ1) is 10.2. The van der Waals surface area contributed by atoms with Crippen LogP contribution in [0.5, 0.6) is 0 Å². The second-order valence-electron chi connectivity index (χ2n) is 4.48. The third kappa shape index (κ3) is 2.07. The molecule has 4 nitrogen and oxygen atoms in total. The predicted octanol–water partition coefficient (Wildman–Crippen LogP) is 4.23. The smallest absolute Gasteiger partial charge is 0.356 e. The Balaban J connectivity index is 1.98. The Morgan fingerprint density at radius 3 is 2.71 bits per heavy atom. The second-order valence-corrected chi connectivity index (χ2v) is 6.39. The molecule has 0 N–H and O–H groups in total. The van der Waals surface area contributed by atoms with E-state index in [-0.39, 0.29) is 5.63 Å². The van der Waals surface area contributed by atoms with Gasteiger partial charge in [-0.15, -0.1) is 11.3 Å². The van der Waals surface area contributed by atoms with E-state index in [9.17, 15) is 4.79 Å². The first kappa shape index (κ1) is 12.7. The molecule has 1 aromatic carbocycles. The summed E-state index contributed by atoms with van der Waals surface area (Å²) in [5, 5.41) is 0.878. The van der Waals surface area contributed by atoms with E-state index >= 15 is 0 Å². The highest BCUT2D eigenvalue weighted by atomic mass is 79.9. The van der Waals surface area contributed by atoms with E-state index in [0.29, 0.717) is 10.2 Å². The number of aromatic nitrogens is 2. The van der Waals surface area contributed by atoms with Crippen LogP contribution in [-0.2, 0) is 0 Å². The normalized spacial score (nSPS) is 11.3. The number of halogens is 1. The fourth-order valence-electron chi connectivity index (χ4n) is 2.19. The zero-order valence-electron chi connectivity index (χ0n) is 10.5. The lowest BCUT2D eigenvalue weighted by Gasteiger charge is -2.01. The van der Waals surface area contributed by atoms with E-state index in [0.717, 1.165) is 25.9 Å². The van der Waals surface area contributed by atoms with Crippen LogP contribution in [0.25, 0.3) is 31.7 Å². The molecule has 0 aliphatic carbocycles. The summed E-state index contributed by atoms with van der Waals surface area (Å²) in [5.41, 5.74) is 2.18. The van der Waals surface area contributed by atoms with Crippen molar-refractivity contribution in [2.45, 2.75) is 0 Å². The molecule has 21 heavy (non-hydrogen) atoms. The molecule has 0 radical (unpaired) electrons. The van der Waals surface area contributed by atoms with E-state index < -0.39 is 0 Å². The van der Waals surface area contributed by atoms with Crippen molar-refractivity contribution in [1.82, 2.24) is 9.97 Å². The fraction of sp³-hybridized carbons (Fsp3) is 0. The quantitative estimate of drug-likeness (QED) is 0.510. The Labute approximate surface area is 131 Å². The molecule has 3 heterocycles. The van der Waals surface area contributed by atoms with Crippen molar-refractivity contribution in [3.8, 4) is 11.3 Å². The fourth-order valence-corrected chi connectivity index (χ4v) is 3.46. The van der Waals surface area contributed by atoms with Gasteiger partial charge in [-0.2, -0.15) is 0 Å². The van der Waals surface area contributed by atoms with Crippen LogP contribution in [0.15, 0.2) is 56.5 Å². The van der Waals surface area contributed by atoms with Gasteiger partial charge in [0.05, 0.1) is 5.69 Å². The van der Waals surface area contributed by atoms with E-state index in [2.05, 4.69) is 25.9 Å². The van der Waals surface area contributed by atoms with Crippen LogP contribution in [0.2, 0.25) is 0 Å². The van der Waals surface area contributed by atoms with Gasteiger partial charge in [0, 0.05) is 15.4 Å². The molecule has 0 saturated carbocycles. The number of hydrogen-bond donors (Lipinski definition) is 0. The van der Waals surface area contributed by atoms with Crippen LogP contribution >= 0.6 is 27.3 Å². The molecule has 3 aromatic heterocycles. The second kappa shape index (κ2) is 4.75. The zero-order chi connectivity index (χ0) is 14.4. The molecule has 0 bridgehead atoms. The highest BCUT2D eigenvalue weighted by Gasteiger charge is 2.12. The Morgan fingerprint density at radius 1 is 1.10 bits per heavy atom. The van der Waals surface area contributed by atoms with Gasteiger partial charge in [-0.25, -0.2) is 14.8 Å². The van der Waals surface area contributed by atoms with E-state index in [1.165, 1.54) is 17.7 Å². The first-order valence-corrected chi connectivity index (χ1v) is 7.76. The third-order valence-electron chi connectivity index (χ3n) is 3.20. The predicted molar refractivity (Wildman–Crippen MR) is 86.6 cm³/mol. The van der Waals surface area contributed by atoms with Crippen LogP contribution < -0.4 is 5.63 Å². The van der Waals surface area contributed by atoms with Crippen LogP contribution in [0.3, 0.4) is 0 Å². The number of hydrogen-bond acceptors (Lipinski definition) is 5. The van der Waals surface area contributed by atoms with Crippen LogP contribution in [0.1, 0.15) is 0 Å². The monoisotopic (exact) mass is 358 g/mol. The number of benzene rings is 1. The van der Waals surface area contributed by atoms with Crippen molar-refractivity contribution in [1.29, 1.82) is 0 Å². The summed E-state index contributed by atoms with van der Waals surface area (Å²) in [6.45, 7) is 0. The number of fused-ring (bicyclic) bond motifs is 3. The molecule has 0 aliphatic heterocycles. The number of pyridine rings is 1. The minimum absolute atomic E-state index is 0.367. The van der Waals surface area contributed by atoms with E-state index in [1.54, 1.807) is 0 Å². The summed E-state index contributed by atoms with van der Waals surface area (Å²) in [7, 11) is 0. The highest BCUT2D eigenvalue weighted by molar-refractivity contribution is 9.10. The van der Waals surface area contributed by atoms with Crippen LogP contribution in [-0.4, -0.2) is 9.97 Å². The van der Waals surface area contributed by atoms with Crippen molar-refractivity contribution in [2.24, 2.45) is 0 Å². The van der Waals surface area contributed by atoms with Crippen molar-refractivity contribution < 1.29 is 4.42 Å². The Bertz CT molecular complexity index is 1020. The minimum atomic E-state index is -0.367. The lowest BCUT2D eigenvalue weighted by molar-refractivity contribution is 0.502. The molecule has 0 aliphatic rings. The van der Waals surface area contributed by atoms with Gasteiger partial charge in [0.15, 0.2) is 6.39 Å². The molecule has 0 fully saturated rings. The molecule has 0 unspecified atom stereocenters. The van der Waals surface area contributed by atoms with Gasteiger partial charge in [-0.1, -0.05) is 28.1 Å². The highest BCUT2D eigenvalue weighted by Crippen LogP contribution is 2.31. The summed E-state index contributed by atoms with van der Waals surface area (Å²) in [5.74, 6) is 0. The molecule has 0 atom stereocenters. The average Bonchev–Trinajstić information content (AvgIpc) is 2.87. The third-order valence-corrected chi connectivity index (χ3v) is 4.79. The van der Waals surface area contributed by atoms with Gasteiger partial charge < -0.3 is 4.42 Å². The lowest BCUT2D eigenvalue weighted by Crippen LogP contribution is -1.95. The van der Waals surface area contributed by atoms with Crippen molar-refractivity contribution >= 4 is 47.7 Å². The summed E-state index contributed by atoms with van der Waals surface area (Å²) >= 11 is 4.73. The maximum atomic E-state index is 11.7. The average molecular weight is 359 g/mol. The van der Waals surface area contributed by atoms with Crippen molar-refractivity contribution in [3.63, 3.8) is 0 Å². The van der Waals surface area contributed by atoms with E-state index in [1.807, 2.05) is 36.4 Å². The summed E-state index contributed by atoms with van der Waals surface area (Å²) in [6.07, 6.45) is 1.18. The Morgan fingerprint density at radius 2 is 1.90 bits per heavy atom. The van der Waals surface area contributed by atoms with Crippen molar-refractivity contribution in [3.05, 3.63) is 57.7 Å². The summed E-state index contributed by atoms with van der Waals surface area (Å²) in [4.78, 5) is 21.3. The van der Waals surface area contributed by atoms with Gasteiger partial charge >= 0.3 is 5.63 Å². The Hall–Kier alpha value is -2.05. The molecule has 4 rings (SSSR count). The maximum Gasteiger partial charge on any atom is 0.356 e. The molecule has 4 aromatic rings. The van der Waals surface area contributed by atoms with E-state index in [4.69, 9.17) is 4.42 Å². The zero-order valence-corrected chi connectivity index (χ0v) is 12.9. The van der Waals surface area contributed by atoms with Crippen molar-refractivity contribution in [2.75, 3.05) is 0 Å². The lowest BCUT2D eigenvalue weighted by atomic mass is 10.1. The van der Waals surface area contributed by atoms with Gasteiger partial charge in [0.1, 0.15) is 15.0 Å². The summed E-state index contributed by atoms with van der Waals surface area (Å²) < 4.78 is 6.34. The van der Waals surface area contributed by atoms with Gasteiger partial charge in [-0.3, -0.25) is 0 Å². The number of rotatable bonds is 1. The molecule has 102 valence electrons. The number of nitrogens with zero attached hydrogens (tertiary/aromatic N) is 2. The number of thiophene rings is 1. The Kier molecular flexibility index (Phi) is 2.87. The van der Waals surface area contributed by atoms with Gasteiger partial charge in [0.25, 0.3) is 0 Å². The topological polar surface area (TPSA) is 56.0 Å². The molecule has 0 amide bonds. The first-order valence-electron chi connectivity index (χ1n) is 6.15. The van der Waals surface area contributed by atoms with Crippen LogP contribution in [0, 0.1) is 0 Å². The SMILES string of the molecule is O=c1ocnc2c1sc1nc(-c3ccc(Br)cc3)ccc12. The molecule has 0 saturated heterocycles. The molecule has 0 spiro atoms.